The summed E-state index contributed by atoms with van der Waals surface area (Å²) in [5.41, 5.74) is 8.19. The Morgan fingerprint density at radius 2 is 2.21 bits per heavy atom. The summed E-state index contributed by atoms with van der Waals surface area (Å²) in [6.07, 6.45) is 5.53. The van der Waals surface area contributed by atoms with E-state index in [2.05, 4.69) is 30.8 Å². The van der Waals surface area contributed by atoms with E-state index in [4.69, 9.17) is 10.5 Å². The van der Waals surface area contributed by atoms with E-state index in [9.17, 15) is 0 Å². The Hall–Kier alpha value is -0.670. The lowest BCUT2D eigenvalue weighted by Crippen LogP contribution is -2.15. The second kappa shape index (κ2) is 7.20. The number of nitrogens with two attached hydrogens (primary N) is 1. The fraction of sp³-hybridized carbons (Fsp3) is 0.625. The summed E-state index contributed by atoms with van der Waals surface area (Å²) in [7, 11) is 1.74. The molecular formula is C16H25NOS. The van der Waals surface area contributed by atoms with Crippen molar-refractivity contribution in [1.29, 1.82) is 0 Å². The van der Waals surface area contributed by atoms with Gasteiger partial charge < -0.3 is 10.5 Å². The second-order valence-electron chi connectivity index (χ2n) is 5.56. The van der Waals surface area contributed by atoms with Gasteiger partial charge in [0, 0.05) is 23.1 Å². The summed E-state index contributed by atoms with van der Waals surface area (Å²) < 4.78 is 5.45. The Labute approximate surface area is 121 Å². The van der Waals surface area contributed by atoms with E-state index in [1.54, 1.807) is 7.11 Å². The lowest BCUT2D eigenvalue weighted by atomic mass is 9.91. The van der Waals surface area contributed by atoms with Gasteiger partial charge in [0.15, 0.2) is 0 Å². The van der Waals surface area contributed by atoms with E-state index in [0.29, 0.717) is 6.54 Å². The highest BCUT2D eigenvalue weighted by Crippen LogP contribution is 2.35. The fourth-order valence-electron chi connectivity index (χ4n) is 2.81. The Morgan fingerprint density at radius 1 is 1.37 bits per heavy atom. The molecule has 2 N–H and O–H groups in total. The summed E-state index contributed by atoms with van der Waals surface area (Å²) in [4.78, 5) is 0. The van der Waals surface area contributed by atoms with Gasteiger partial charge in [-0.05, 0) is 36.5 Å². The molecule has 0 heterocycles. The van der Waals surface area contributed by atoms with Gasteiger partial charge >= 0.3 is 0 Å². The summed E-state index contributed by atoms with van der Waals surface area (Å²) in [6.45, 7) is 2.98. The molecule has 0 aromatic heterocycles. The first kappa shape index (κ1) is 14.7. The number of hydrogen-bond acceptors (Lipinski definition) is 3. The monoisotopic (exact) mass is 279 g/mol. The molecule has 0 saturated heterocycles. The Morgan fingerprint density at radius 3 is 2.89 bits per heavy atom. The molecule has 1 aliphatic rings. The topological polar surface area (TPSA) is 35.2 Å². The summed E-state index contributed by atoms with van der Waals surface area (Å²) in [5.74, 6) is 2.92. The Balaban J connectivity index is 1.97. The van der Waals surface area contributed by atoms with Crippen molar-refractivity contribution < 1.29 is 4.74 Å². The molecule has 0 amide bonds. The maximum atomic E-state index is 5.72. The first-order chi connectivity index (χ1) is 9.22. The van der Waals surface area contributed by atoms with Gasteiger partial charge in [0.05, 0.1) is 7.11 Å². The number of hydrogen-bond donors (Lipinski definition) is 1. The summed E-state index contributed by atoms with van der Waals surface area (Å²) in [6, 6.07) is 6.29. The quantitative estimate of drug-likeness (QED) is 0.886. The molecule has 0 bridgehead atoms. The zero-order valence-corrected chi connectivity index (χ0v) is 12.8. The third-order valence-electron chi connectivity index (χ3n) is 3.94. The van der Waals surface area contributed by atoms with Gasteiger partial charge in [-0.3, -0.25) is 0 Å². The molecule has 0 radical (unpaired) electrons. The molecule has 0 aliphatic heterocycles. The van der Waals surface area contributed by atoms with E-state index in [1.807, 2.05) is 6.07 Å². The van der Waals surface area contributed by atoms with Crippen LogP contribution in [0, 0.1) is 5.92 Å². The Kier molecular flexibility index (Phi) is 5.59. The molecule has 2 atom stereocenters. The molecule has 2 rings (SSSR count). The Bertz CT molecular complexity index is 408. The van der Waals surface area contributed by atoms with E-state index >= 15 is 0 Å². The minimum atomic E-state index is 0.599. The van der Waals surface area contributed by atoms with Crippen LogP contribution in [0.25, 0.3) is 0 Å². The van der Waals surface area contributed by atoms with Crippen molar-refractivity contribution in [3.8, 4) is 5.75 Å². The number of methoxy groups -OCH3 is 1. The molecule has 1 aliphatic carbocycles. The minimum Gasteiger partial charge on any atom is -0.496 e. The second-order valence-corrected chi connectivity index (χ2v) is 6.84. The molecule has 2 unspecified atom stereocenters. The summed E-state index contributed by atoms with van der Waals surface area (Å²) in [5, 5.41) is 0.815. The van der Waals surface area contributed by atoms with Crippen LogP contribution in [0.3, 0.4) is 0 Å². The first-order valence-corrected chi connectivity index (χ1v) is 8.25. The van der Waals surface area contributed by atoms with Crippen molar-refractivity contribution >= 4 is 11.8 Å². The van der Waals surface area contributed by atoms with Gasteiger partial charge in [-0.25, -0.2) is 0 Å². The van der Waals surface area contributed by atoms with Crippen molar-refractivity contribution in [2.24, 2.45) is 11.7 Å². The molecule has 19 heavy (non-hydrogen) atoms. The number of rotatable bonds is 5. The third kappa shape index (κ3) is 4.15. The number of thioether (sulfide) groups is 1. The number of ether oxygens (including phenoxy) is 1. The smallest absolute Gasteiger partial charge is 0.122 e. The lowest BCUT2D eigenvalue weighted by Gasteiger charge is -2.26. The molecule has 0 spiro atoms. The van der Waals surface area contributed by atoms with Crippen molar-refractivity contribution in [3.05, 3.63) is 29.3 Å². The average Bonchev–Trinajstić information content (AvgIpc) is 2.45. The summed E-state index contributed by atoms with van der Waals surface area (Å²) >= 11 is 2.08. The van der Waals surface area contributed by atoms with Crippen molar-refractivity contribution in [2.75, 3.05) is 7.11 Å². The average molecular weight is 279 g/mol. The van der Waals surface area contributed by atoms with Crippen LogP contribution in [0.2, 0.25) is 0 Å². The fourth-order valence-corrected chi connectivity index (χ4v) is 4.25. The van der Waals surface area contributed by atoms with Gasteiger partial charge in [0.2, 0.25) is 0 Å². The van der Waals surface area contributed by atoms with Crippen molar-refractivity contribution in [3.63, 3.8) is 0 Å². The van der Waals surface area contributed by atoms with Crippen LogP contribution in [0.4, 0.5) is 0 Å². The lowest BCUT2D eigenvalue weighted by molar-refractivity contribution is 0.394. The molecule has 1 aromatic rings. The zero-order chi connectivity index (χ0) is 13.7. The molecule has 2 nitrogen and oxygen atoms in total. The molecule has 1 aromatic carbocycles. The first-order valence-electron chi connectivity index (χ1n) is 7.20. The van der Waals surface area contributed by atoms with Crippen LogP contribution in [-0.4, -0.2) is 12.4 Å². The van der Waals surface area contributed by atoms with Crippen molar-refractivity contribution in [2.45, 2.75) is 50.2 Å². The molecule has 3 heteroatoms. The van der Waals surface area contributed by atoms with Gasteiger partial charge in [0.25, 0.3) is 0 Å². The highest BCUT2D eigenvalue weighted by Gasteiger charge is 2.19. The normalized spacial score (nSPS) is 23.3. The van der Waals surface area contributed by atoms with E-state index in [0.717, 1.165) is 22.7 Å². The molecule has 1 fully saturated rings. The van der Waals surface area contributed by atoms with Gasteiger partial charge in [-0.2, -0.15) is 11.8 Å². The highest BCUT2D eigenvalue weighted by molar-refractivity contribution is 7.99. The van der Waals surface area contributed by atoms with Crippen LogP contribution in [0.5, 0.6) is 5.75 Å². The molecule has 106 valence electrons. The van der Waals surface area contributed by atoms with Gasteiger partial charge in [-0.1, -0.05) is 25.8 Å². The SMILES string of the molecule is COc1ccc(CN)cc1CSC1CCCC(C)C1. The van der Waals surface area contributed by atoms with E-state index < -0.39 is 0 Å². The van der Waals surface area contributed by atoms with Crippen LogP contribution < -0.4 is 10.5 Å². The standard InChI is InChI=1S/C16H25NOS/c1-12-4-3-5-15(8-12)19-11-14-9-13(10-17)6-7-16(14)18-2/h6-7,9,12,15H,3-5,8,10-11,17H2,1-2H3. The largest absolute Gasteiger partial charge is 0.496 e. The van der Waals surface area contributed by atoms with Crippen molar-refractivity contribution in [1.82, 2.24) is 0 Å². The van der Waals surface area contributed by atoms with Gasteiger partial charge in [0.1, 0.15) is 5.75 Å². The molecule has 1 saturated carbocycles. The predicted molar refractivity (Wildman–Crippen MR) is 83.6 cm³/mol. The van der Waals surface area contributed by atoms with E-state index in [1.165, 1.54) is 36.8 Å². The van der Waals surface area contributed by atoms with Crippen LogP contribution in [0.1, 0.15) is 43.7 Å². The van der Waals surface area contributed by atoms with Crippen LogP contribution in [-0.2, 0) is 12.3 Å². The van der Waals surface area contributed by atoms with Crippen LogP contribution in [0.15, 0.2) is 18.2 Å². The number of benzene rings is 1. The predicted octanol–water partition coefficient (Wildman–Crippen LogP) is 3.97. The highest BCUT2D eigenvalue weighted by atomic mass is 32.2. The maximum Gasteiger partial charge on any atom is 0.122 e. The molecular weight excluding hydrogens is 254 g/mol. The zero-order valence-electron chi connectivity index (χ0n) is 12.0. The van der Waals surface area contributed by atoms with Gasteiger partial charge in [-0.15, -0.1) is 0 Å². The van der Waals surface area contributed by atoms with E-state index in [-0.39, 0.29) is 0 Å². The minimum absolute atomic E-state index is 0.599. The third-order valence-corrected chi connectivity index (χ3v) is 5.32. The van der Waals surface area contributed by atoms with Crippen LogP contribution >= 0.6 is 11.8 Å². The maximum absolute atomic E-state index is 5.72.